The van der Waals surface area contributed by atoms with Crippen molar-refractivity contribution >= 4 is 11.6 Å². The topological polar surface area (TPSA) is 66.0 Å². The van der Waals surface area contributed by atoms with Crippen LogP contribution < -0.4 is 4.74 Å². The van der Waals surface area contributed by atoms with Gasteiger partial charge in [0.05, 0.1) is 6.54 Å². The zero-order valence-corrected chi connectivity index (χ0v) is 16.9. The summed E-state index contributed by atoms with van der Waals surface area (Å²) in [4.78, 5) is 4.01. The van der Waals surface area contributed by atoms with Gasteiger partial charge in [0.25, 0.3) is 5.89 Å². The predicted molar refractivity (Wildman–Crippen MR) is 103 cm³/mol. The summed E-state index contributed by atoms with van der Waals surface area (Å²) < 4.78 is 87.0. The first-order chi connectivity index (χ1) is 15.5. The smallest absolute Gasteiger partial charge is 0.406 e. The average molecular weight is 489 g/mol. The third-order valence-corrected chi connectivity index (χ3v) is 4.56. The lowest BCUT2D eigenvalue weighted by Crippen LogP contribution is -2.16. The number of rotatable bonds is 5. The van der Waals surface area contributed by atoms with Crippen LogP contribution in [-0.2, 0) is 12.7 Å². The lowest BCUT2D eigenvalue weighted by atomic mass is 10.2. The molecule has 0 saturated heterocycles. The number of hydrogen-bond acceptors (Lipinski definition) is 5. The van der Waals surface area contributed by atoms with E-state index in [1.807, 2.05) is 0 Å². The summed E-state index contributed by atoms with van der Waals surface area (Å²) >= 11 is 5.81. The van der Waals surface area contributed by atoms with Gasteiger partial charge in [-0.25, -0.2) is 0 Å². The molecule has 33 heavy (non-hydrogen) atoms. The lowest BCUT2D eigenvalue weighted by Gasteiger charge is -2.10. The number of alkyl halides is 6. The van der Waals surface area contributed by atoms with Crippen LogP contribution >= 0.6 is 11.6 Å². The van der Waals surface area contributed by atoms with E-state index in [2.05, 4.69) is 20.0 Å². The normalized spacial score (nSPS) is 12.2. The van der Waals surface area contributed by atoms with Crippen LogP contribution in [0.15, 0.2) is 59.1 Å². The van der Waals surface area contributed by atoms with Crippen LogP contribution in [0.1, 0.15) is 11.3 Å². The highest BCUT2D eigenvalue weighted by Gasteiger charge is 2.37. The van der Waals surface area contributed by atoms with Crippen LogP contribution in [0, 0.1) is 0 Å². The molecule has 0 fully saturated rings. The maximum atomic E-state index is 13.5. The van der Waals surface area contributed by atoms with Crippen LogP contribution in [-0.4, -0.2) is 26.3 Å². The van der Waals surface area contributed by atoms with Crippen molar-refractivity contribution in [1.29, 1.82) is 0 Å². The van der Waals surface area contributed by atoms with Gasteiger partial charge in [-0.3, -0.25) is 4.68 Å². The van der Waals surface area contributed by atoms with Gasteiger partial charge in [-0.15, -0.1) is 13.2 Å². The largest absolute Gasteiger partial charge is 0.573 e. The summed E-state index contributed by atoms with van der Waals surface area (Å²) in [5.41, 5.74) is -0.448. The zero-order chi connectivity index (χ0) is 23.8. The summed E-state index contributed by atoms with van der Waals surface area (Å²) in [6.07, 6.45) is -9.54. The quantitative estimate of drug-likeness (QED) is 0.312. The third-order valence-electron chi connectivity index (χ3n) is 4.31. The van der Waals surface area contributed by atoms with Crippen molar-refractivity contribution in [2.75, 3.05) is 0 Å². The molecule has 0 aliphatic rings. The maximum absolute atomic E-state index is 13.5. The number of benzene rings is 2. The molecule has 0 atom stereocenters. The molecule has 2 aromatic heterocycles. The van der Waals surface area contributed by atoms with E-state index < -0.39 is 24.0 Å². The van der Waals surface area contributed by atoms with Crippen LogP contribution in [0.2, 0.25) is 5.02 Å². The van der Waals surface area contributed by atoms with Crippen LogP contribution in [0.25, 0.3) is 23.0 Å². The van der Waals surface area contributed by atoms with Gasteiger partial charge in [-0.1, -0.05) is 28.9 Å². The van der Waals surface area contributed by atoms with E-state index in [0.29, 0.717) is 10.6 Å². The van der Waals surface area contributed by atoms with Crippen molar-refractivity contribution in [2.45, 2.75) is 19.1 Å². The van der Waals surface area contributed by atoms with Crippen molar-refractivity contribution in [3.05, 3.63) is 70.9 Å². The molecular formula is C20H11ClF6N4O2. The fourth-order valence-electron chi connectivity index (χ4n) is 2.88. The Labute approximate surface area is 186 Å². The summed E-state index contributed by atoms with van der Waals surface area (Å²) in [5.74, 6) is -0.795. The van der Waals surface area contributed by atoms with Gasteiger partial charge in [0.15, 0.2) is 5.69 Å². The summed E-state index contributed by atoms with van der Waals surface area (Å²) in [7, 11) is 0. The molecule has 2 aromatic carbocycles. The molecule has 0 saturated carbocycles. The molecule has 0 N–H and O–H groups in total. The molecule has 0 unspecified atom stereocenters. The van der Waals surface area contributed by atoms with E-state index in [1.54, 1.807) is 24.3 Å². The van der Waals surface area contributed by atoms with Crippen LogP contribution in [0.5, 0.6) is 5.75 Å². The van der Waals surface area contributed by atoms with Crippen molar-refractivity contribution in [2.24, 2.45) is 0 Å². The monoisotopic (exact) mass is 488 g/mol. The highest BCUT2D eigenvalue weighted by atomic mass is 35.5. The van der Waals surface area contributed by atoms with E-state index in [0.717, 1.165) is 22.9 Å². The fraction of sp³-hybridized carbons (Fsp3) is 0.150. The molecule has 0 aliphatic carbocycles. The number of ether oxygens (including phenoxy) is 1. The number of halogens is 7. The van der Waals surface area contributed by atoms with Gasteiger partial charge >= 0.3 is 12.5 Å². The molecule has 4 aromatic rings. The zero-order valence-electron chi connectivity index (χ0n) is 16.2. The number of nitrogens with zero attached hydrogens (tertiary/aromatic N) is 4. The molecule has 13 heteroatoms. The minimum absolute atomic E-state index is 0.0515. The highest BCUT2D eigenvalue weighted by Crippen LogP contribution is 2.33. The fourth-order valence-corrected chi connectivity index (χ4v) is 3.01. The van der Waals surface area contributed by atoms with Gasteiger partial charge in [0, 0.05) is 16.7 Å². The Bertz CT molecular complexity index is 1250. The van der Waals surface area contributed by atoms with Gasteiger partial charge in [0.2, 0.25) is 5.82 Å². The summed E-state index contributed by atoms with van der Waals surface area (Å²) in [5, 5.41) is 8.05. The number of hydrogen-bond donors (Lipinski definition) is 0. The Kier molecular flexibility index (Phi) is 5.78. The van der Waals surface area contributed by atoms with Crippen molar-refractivity contribution in [3.63, 3.8) is 0 Å². The molecule has 0 spiro atoms. The van der Waals surface area contributed by atoms with Crippen molar-refractivity contribution in [1.82, 2.24) is 19.9 Å². The minimum Gasteiger partial charge on any atom is -0.406 e. The lowest BCUT2D eigenvalue weighted by molar-refractivity contribution is -0.274. The predicted octanol–water partition coefficient (Wildman–Crippen LogP) is 6.22. The number of aromatic nitrogens is 4. The molecule has 0 radical (unpaired) electrons. The molecule has 0 aliphatic heterocycles. The Hall–Kier alpha value is -3.54. The van der Waals surface area contributed by atoms with E-state index in [1.165, 1.54) is 12.1 Å². The second-order valence-electron chi connectivity index (χ2n) is 6.69. The summed E-state index contributed by atoms with van der Waals surface area (Å²) in [6.45, 7) is -0.187. The molecule has 172 valence electrons. The molecule has 4 rings (SSSR count). The van der Waals surface area contributed by atoms with Gasteiger partial charge in [-0.2, -0.15) is 23.3 Å². The first-order valence-corrected chi connectivity index (χ1v) is 9.45. The van der Waals surface area contributed by atoms with Gasteiger partial charge in [-0.05, 0) is 42.0 Å². The van der Waals surface area contributed by atoms with E-state index in [4.69, 9.17) is 16.1 Å². The van der Waals surface area contributed by atoms with E-state index in [9.17, 15) is 26.3 Å². The van der Waals surface area contributed by atoms with Gasteiger partial charge < -0.3 is 9.26 Å². The maximum Gasteiger partial charge on any atom is 0.573 e. The average Bonchev–Trinajstić information content (AvgIpc) is 3.36. The first-order valence-electron chi connectivity index (χ1n) is 9.08. The molecule has 2 heterocycles. The van der Waals surface area contributed by atoms with Gasteiger partial charge in [0.1, 0.15) is 11.4 Å². The highest BCUT2D eigenvalue weighted by molar-refractivity contribution is 6.30. The van der Waals surface area contributed by atoms with E-state index in [-0.39, 0.29) is 29.5 Å². The third kappa shape index (κ3) is 5.45. The second-order valence-corrected chi connectivity index (χ2v) is 7.13. The Morgan fingerprint density at radius 2 is 1.61 bits per heavy atom. The Morgan fingerprint density at radius 1 is 0.939 bits per heavy atom. The standard InChI is InChI=1S/C20H11ClF6N4O2/c21-13-5-1-11(2-6-13)10-31-16(19(22,23)24)9-15(29-31)18-28-17(30-33-18)12-3-7-14(8-4-12)32-20(25,26)27/h1-9H,10H2. The molecule has 0 bridgehead atoms. The Morgan fingerprint density at radius 3 is 2.21 bits per heavy atom. The van der Waals surface area contributed by atoms with E-state index >= 15 is 0 Å². The molecule has 0 amide bonds. The van der Waals surface area contributed by atoms with Crippen molar-refractivity contribution < 1.29 is 35.6 Å². The molecule has 6 nitrogen and oxygen atoms in total. The molecular weight excluding hydrogens is 478 g/mol. The second kappa shape index (κ2) is 8.43. The van der Waals surface area contributed by atoms with Crippen LogP contribution in [0.4, 0.5) is 26.3 Å². The van der Waals surface area contributed by atoms with Crippen LogP contribution in [0.3, 0.4) is 0 Å². The summed E-state index contributed by atoms with van der Waals surface area (Å²) in [6, 6.07) is 11.6. The minimum atomic E-state index is -4.85. The SMILES string of the molecule is FC(F)(F)Oc1ccc(-c2noc(-c3cc(C(F)(F)F)n(Cc4ccc(Cl)cc4)n3)n2)cc1. The Balaban J connectivity index is 1.61. The first kappa shape index (κ1) is 22.6. The van der Waals surface area contributed by atoms with Crippen molar-refractivity contribution in [3.8, 4) is 28.7 Å².